The van der Waals surface area contributed by atoms with E-state index in [1.54, 1.807) is 23.1 Å². The van der Waals surface area contributed by atoms with Crippen molar-refractivity contribution in [2.24, 2.45) is 0 Å². The van der Waals surface area contributed by atoms with Gasteiger partial charge in [0.15, 0.2) is 0 Å². The first-order chi connectivity index (χ1) is 14.5. The summed E-state index contributed by atoms with van der Waals surface area (Å²) >= 11 is 0. The number of hydrogen-bond acceptors (Lipinski definition) is 4. The summed E-state index contributed by atoms with van der Waals surface area (Å²) in [5, 5.41) is 2.89. The number of hydrogen-bond donors (Lipinski definition) is 2. The number of carbonyl (C=O) groups excluding carboxylic acids is 2. The highest BCUT2D eigenvalue weighted by Crippen LogP contribution is 2.27. The number of nitrogen functional groups attached to an aromatic ring is 1. The topological polar surface area (TPSA) is 84.7 Å². The van der Waals surface area contributed by atoms with E-state index in [0.29, 0.717) is 30.0 Å². The largest absolute Gasteiger partial charge is 0.453 e. The van der Waals surface area contributed by atoms with Crippen molar-refractivity contribution in [2.75, 3.05) is 24.7 Å². The molecule has 154 valence electrons. The summed E-state index contributed by atoms with van der Waals surface area (Å²) in [6, 6.07) is 22.6. The third-order valence-corrected chi connectivity index (χ3v) is 4.81. The Balaban J connectivity index is 1.73. The van der Waals surface area contributed by atoms with E-state index < -0.39 is 0 Å². The lowest BCUT2D eigenvalue weighted by Crippen LogP contribution is -2.30. The summed E-state index contributed by atoms with van der Waals surface area (Å²) in [5.41, 5.74) is 10.6. The van der Waals surface area contributed by atoms with Gasteiger partial charge >= 0.3 is 6.09 Å². The van der Waals surface area contributed by atoms with Gasteiger partial charge in [0.2, 0.25) is 0 Å². The molecule has 0 radical (unpaired) electrons. The first kappa shape index (κ1) is 20.9. The number of nitrogens with zero attached hydrogens (tertiary/aromatic N) is 1. The summed E-state index contributed by atoms with van der Waals surface area (Å²) in [5.74, 6) is -0.251. The minimum Gasteiger partial charge on any atom is -0.453 e. The Morgan fingerprint density at radius 1 is 0.967 bits per heavy atom. The molecule has 6 nitrogen and oxygen atoms in total. The first-order valence-corrected chi connectivity index (χ1v) is 9.70. The van der Waals surface area contributed by atoms with Crippen LogP contribution in [0.25, 0.3) is 11.1 Å². The van der Waals surface area contributed by atoms with Crippen molar-refractivity contribution in [3.63, 3.8) is 0 Å². The molecule has 3 rings (SSSR count). The Bertz CT molecular complexity index is 1020. The zero-order valence-corrected chi connectivity index (χ0v) is 17.1. The summed E-state index contributed by atoms with van der Waals surface area (Å²) in [6.45, 7) is 2.83. The highest BCUT2D eigenvalue weighted by molar-refractivity contribution is 6.06. The predicted octanol–water partition coefficient (Wildman–Crippen LogP) is 4.78. The fourth-order valence-electron chi connectivity index (χ4n) is 3.09. The zero-order valence-electron chi connectivity index (χ0n) is 17.1. The van der Waals surface area contributed by atoms with Crippen LogP contribution in [0.4, 0.5) is 16.2 Å². The minimum absolute atomic E-state index is 0.251. The molecular formula is C24H25N3O3. The standard InChI is InChI=1S/C24H25N3O3/c1-3-27(24(29)30-2)16-17-9-11-19(12-10-17)23(28)26-22-15-20(13-14-21(22)25)18-7-5-4-6-8-18/h4-15H,3,16,25H2,1-2H3,(H,26,28). The quantitative estimate of drug-likeness (QED) is 0.580. The van der Waals surface area contributed by atoms with Crippen LogP contribution in [0.1, 0.15) is 22.8 Å². The van der Waals surface area contributed by atoms with Crippen molar-refractivity contribution >= 4 is 23.4 Å². The van der Waals surface area contributed by atoms with Crippen molar-refractivity contribution < 1.29 is 14.3 Å². The highest BCUT2D eigenvalue weighted by atomic mass is 16.5. The number of rotatable bonds is 6. The fraction of sp³-hybridized carbons (Fsp3) is 0.167. The van der Waals surface area contributed by atoms with Gasteiger partial charge in [-0.25, -0.2) is 4.79 Å². The molecule has 0 aliphatic rings. The second-order valence-electron chi connectivity index (χ2n) is 6.80. The van der Waals surface area contributed by atoms with Crippen LogP contribution in [0.3, 0.4) is 0 Å². The molecule has 30 heavy (non-hydrogen) atoms. The minimum atomic E-state index is -0.381. The lowest BCUT2D eigenvalue weighted by Gasteiger charge is -2.19. The van der Waals surface area contributed by atoms with Crippen molar-refractivity contribution in [1.29, 1.82) is 0 Å². The molecule has 0 aromatic heterocycles. The molecule has 0 fully saturated rings. The molecule has 0 bridgehead atoms. The van der Waals surface area contributed by atoms with E-state index in [2.05, 4.69) is 5.32 Å². The number of amides is 2. The number of nitrogens with two attached hydrogens (primary N) is 1. The maximum Gasteiger partial charge on any atom is 0.409 e. The van der Waals surface area contributed by atoms with Crippen LogP contribution in [0.2, 0.25) is 0 Å². The number of ether oxygens (including phenoxy) is 1. The predicted molar refractivity (Wildman–Crippen MR) is 119 cm³/mol. The van der Waals surface area contributed by atoms with Crippen molar-refractivity contribution in [3.8, 4) is 11.1 Å². The SMILES string of the molecule is CCN(Cc1ccc(C(=O)Nc2cc(-c3ccccc3)ccc2N)cc1)C(=O)OC. The lowest BCUT2D eigenvalue weighted by atomic mass is 10.0. The van der Waals surface area contributed by atoms with Crippen LogP contribution in [0.5, 0.6) is 0 Å². The average molecular weight is 403 g/mol. The van der Waals surface area contributed by atoms with Gasteiger partial charge in [0.1, 0.15) is 0 Å². The molecule has 0 aliphatic carbocycles. The van der Waals surface area contributed by atoms with E-state index in [4.69, 9.17) is 10.5 Å². The second-order valence-corrected chi connectivity index (χ2v) is 6.80. The van der Waals surface area contributed by atoms with E-state index in [9.17, 15) is 9.59 Å². The number of benzene rings is 3. The molecule has 3 N–H and O–H groups in total. The molecule has 0 spiro atoms. The molecule has 0 unspecified atom stereocenters. The van der Waals surface area contributed by atoms with Crippen LogP contribution in [0, 0.1) is 0 Å². The van der Waals surface area contributed by atoms with Gasteiger partial charge in [-0.05, 0) is 47.9 Å². The molecule has 2 amide bonds. The van der Waals surface area contributed by atoms with E-state index in [1.165, 1.54) is 7.11 Å². The monoisotopic (exact) mass is 403 g/mol. The molecule has 0 saturated carbocycles. The maximum atomic E-state index is 12.7. The molecule has 3 aromatic rings. The van der Waals surface area contributed by atoms with Gasteiger partial charge < -0.3 is 20.7 Å². The van der Waals surface area contributed by atoms with Gasteiger partial charge in [-0.2, -0.15) is 0 Å². The Kier molecular flexibility index (Phi) is 6.70. The Labute approximate surface area is 176 Å². The molecule has 0 heterocycles. The number of nitrogens with one attached hydrogen (secondary N) is 1. The third-order valence-electron chi connectivity index (χ3n) is 4.81. The van der Waals surface area contributed by atoms with E-state index >= 15 is 0 Å². The van der Waals surface area contributed by atoms with Gasteiger partial charge in [0.25, 0.3) is 5.91 Å². The van der Waals surface area contributed by atoms with Crippen LogP contribution in [-0.2, 0) is 11.3 Å². The molecule has 3 aromatic carbocycles. The van der Waals surface area contributed by atoms with Crippen LogP contribution in [-0.4, -0.2) is 30.6 Å². The van der Waals surface area contributed by atoms with Gasteiger partial charge in [-0.3, -0.25) is 4.79 Å². The summed E-state index contributed by atoms with van der Waals surface area (Å²) < 4.78 is 4.77. The summed E-state index contributed by atoms with van der Waals surface area (Å²) in [6.07, 6.45) is -0.381. The fourth-order valence-corrected chi connectivity index (χ4v) is 3.09. The first-order valence-electron chi connectivity index (χ1n) is 9.70. The highest BCUT2D eigenvalue weighted by Gasteiger charge is 2.13. The lowest BCUT2D eigenvalue weighted by molar-refractivity contribution is 0.102. The van der Waals surface area contributed by atoms with Gasteiger partial charge in [-0.15, -0.1) is 0 Å². The van der Waals surface area contributed by atoms with Crippen LogP contribution in [0.15, 0.2) is 72.8 Å². The van der Waals surface area contributed by atoms with Crippen LogP contribution < -0.4 is 11.1 Å². The Morgan fingerprint density at radius 3 is 2.30 bits per heavy atom. The molecule has 0 saturated heterocycles. The van der Waals surface area contributed by atoms with Gasteiger partial charge in [0, 0.05) is 18.7 Å². The summed E-state index contributed by atoms with van der Waals surface area (Å²) in [7, 11) is 1.36. The van der Waals surface area contributed by atoms with Gasteiger partial charge in [0.05, 0.1) is 18.5 Å². The van der Waals surface area contributed by atoms with Crippen molar-refractivity contribution in [1.82, 2.24) is 4.90 Å². The Hall–Kier alpha value is -3.80. The van der Waals surface area contributed by atoms with Gasteiger partial charge in [-0.1, -0.05) is 48.5 Å². The molecule has 6 heteroatoms. The third kappa shape index (κ3) is 4.97. The number of carbonyl (C=O) groups is 2. The summed E-state index contributed by atoms with van der Waals surface area (Å²) in [4.78, 5) is 26.0. The average Bonchev–Trinajstić information content (AvgIpc) is 2.79. The van der Waals surface area contributed by atoms with Crippen molar-refractivity contribution in [2.45, 2.75) is 13.5 Å². The van der Waals surface area contributed by atoms with E-state index in [-0.39, 0.29) is 12.0 Å². The van der Waals surface area contributed by atoms with E-state index in [0.717, 1.165) is 16.7 Å². The van der Waals surface area contributed by atoms with E-state index in [1.807, 2.05) is 61.5 Å². The van der Waals surface area contributed by atoms with Crippen molar-refractivity contribution in [3.05, 3.63) is 83.9 Å². The second kappa shape index (κ2) is 9.60. The Morgan fingerprint density at radius 2 is 1.67 bits per heavy atom. The smallest absolute Gasteiger partial charge is 0.409 e. The molecule has 0 atom stereocenters. The normalized spacial score (nSPS) is 10.3. The maximum absolute atomic E-state index is 12.7. The number of methoxy groups -OCH3 is 1. The number of anilines is 2. The zero-order chi connectivity index (χ0) is 21.5. The molecular weight excluding hydrogens is 378 g/mol. The molecule has 0 aliphatic heterocycles. The van der Waals surface area contributed by atoms with Crippen LogP contribution >= 0.6 is 0 Å².